The first-order chi connectivity index (χ1) is 6.82. The number of hydrogen-bond acceptors (Lipinski definition) is 2. The zero-order chi connectivity index (χ0) is 11.6. The van der Waals surface area contributed by atoms with Gasteiger partial charge in [0.1, 0.15) is 0 Å². The molecule has 0 aliphatic carbocycles. The van der Waals surface area contributed by atoms with Crippen LogP contribution >= 0.6 is 0 Å². The second-order valence-electron chi connectivity index (χ2n) is 3.93. The highest BCUT2D eigenvalue weighted by molar-refractivity contribution is 5.81. The van der Waals surface area contributed by atoms with E-state index in [4.69, 9.17) is 5.73 Å². The third kappa shape index (κ3) is 3.09. The molecule has 15 heavy (non-hydrogen) atoms. The summed E-state index contributed by atoms with van der Waals surface area (Å²) in [7, 11) is 0. The summed E-state index contributed by atoms with van der Waals surface area (Å²) in [5.74, 6) is -1.54. The molecule has 1 aliphatic heterocycles. The van der Waals surface area contributed by atoms with Crippen molar-refractivity contribution in [1.82, 2.24) is 4.90 Å². The number of amides is 1. The standard InChI is InChI=1S/C9H15F3N2O/c1-6(13)8(15)14-4-2-7(3-5-14)9(10,11)12/h6-7H,2-5,13H2,1H3/t6-/m0/s1. The molecule has 88 valence electrons. The lowest BCUT2D eigenvalue weighted by molar-refractivity contribution is -0.186. The van der Waals surface area contributed by atoms with Gasteiger partial charge in [-0.2, -0.15) is 13.2 Å². The van der Waals surface area contributed by atoms with E-state index in [1.165, 1.54) is 11.8 Å². The van der Waals surface area contributed by atoms with Crippen molar-refractivity contribution in [3.63, 3.8) is 0 Å². The first kappa shape index (κ1) is 12.3. The first-order valence-electron chi connectivity index (χ1n) is 4.93. The maximum Gasteiger partial charge on any atom is 0.391 e. The Balaban J connectivity index is 2.46. The average molecular weight is 224 g/mol. The molecule has 0 aromatic carbocycles. The van der Waals surface area contributed by atoms with E-state index in [1.807, 2.05) is 0 Å². The van der Waals surface area contributed by atoms with Crippen LogP contribution in [-0.4, -0.2) is 36.1 Å². The van der Waals surface area contributed by atoms with Crippen LogP contribution < -0.4 is 5.73 Å². The number of nitrogens with zero attached hydrogens (tertiary/aromatic N) is 1. The van der Waals surface area contributed by atoms with E-state index < -0.39 is 18.1 Å². The molecule has 2 N–H and O–H groups in total. The minimum Gasteiger partial charge on any atom is -0.341 e. The van der Waals surface area contributed by atoms with E-state index in [0.29, 0.717) is 0 Å². The van der Waals surface area contributed by atoms with Crippen LogP contribution in [0.25, 0.3) is 0 Å². The van der Waals surface area contributed by atoms with Gasteiger partial charge in [0.25, 0.3) is 0 Å². The normalized spacial score (nSPS) is 21.5. The number of alkyl halides is 3. The number of carbonyl (C=O) groups is 1. The molecule has 1 atom stereocenters. The first-order valence-corrected chi connectivity index (χ1v) is 4.93. The number of nitrogens with two attached hydrogens (primary N) is 1. The molecular weight excluding hydrogens is 209 g/mol. The lowest BCUT2D eigenvalue weighted by Crippen LogP contribution is -2.47. The van der Waals surface area contributed by atoms with Gasteiger partial charge in [-0.25, -0.2) is 0 Å². The van der Waals surface area contributed by atoms with Crippen molar-refractivity contribution in [3.05, 3.63) is 0 Å². The minimum absolute atomic E-state index is 0.0119. The second-order valence-corrected chi connectivity index (χ2v) is 3.93. The smallest absolute Gasteiger partial charge is 0.341 e. The van der Waals surface area contributed by atoms with Crippen LogP contribution in [-0.2, 0) is 4.79 Å². The minimum atomic E-state index is -4.14. The van der Waals surface area contributed by atoms with Gasteiger partial charge >= 0.3 is 6.18 Å². The van der Waals surface area contributed by atoms with Crippen molar-refractivity contribution in [1.29, 1.82) is 0 Å². The van der Waals surface area contributed by atoms with Gasteiger partial charge in [0.2, 0.25) is 5.91 Å². The third-order valence-electron chi connectivity index (χ3n) is 2.66. The molecule has 0 spiro atoms. The monoisotopic (exact) mass is 224 g/mol. The molecule has 1 fully saturated rings. The maximum absolute atomic E-state index is 12.3. The fraction of sp³-hybridized carbons (Fsp3) is 0.889. The molecule has 1 saturated heterocycles. The average Bonchev–Trinajstić information content (AvgIpc) is 2.15. The van der Waals surface area contributed by atoms with E-state index in [9.17, 15) is 18.0 Å². The van der Waals surface area contributed by atoms with Crippen LogP contribution in [0.2, 0.25) is 0 Å². The molecule has 6 heteroatoms. The highest BCUT2D eigenvalue weighted by Crippen LogP contribution is 2.34. The van der Waals surface area contributed by atoms with Gasteiger partial charge in [-0.15, -0.1) is 0 Å². The van der Waals surface area contributed by atoms with E-state index in [0.717, 1.165) is 0 Å². The van der Waals surface area contributed by atoms with Gasteiger partial charge in [0, 0.05) is 13.1 Å². The molecule has 1 heterocycles. The third-order valence-corrected chi connectivity index (χ3v) is 2.66. The quantitative estimate of drug-likeness (QED) is 0.725. The van der Waals surface area contributed by atoms with Crippen LogP contribution in [0, 0.1) is 5.92 Å². The highest BCUT2D eigenvalue weighted by Gasteiger charge is 2.41. The molecule has 0 saturated carbocycles. The SMILES string of the molecule is C[C@H](N)C(=O)N1CCC(C(F)(F)F)CC1. The Kier molecular flexibility index (Phi) is 3.59. The summed E-state index contributed by atoms with van der Waals surface area (Å²) in [5.41, 5.74) is 5.37. The summed E-state index contributed by atoms with van der Waals surface area (Å²) in [6.07, 6.45) is -4.16. The maximum atomic E-state index is 12.3. The van der Waals surface area contributed by atoms with Crippen LogP contribution in [0.15, 0.2) is 0 Å². The Bertz CT molecular complexity index is 232. The molecule has 0 radical (unpaired) electrons. The number of carbonyl (C=O) groups excluding carboxylic acids is 1. The zero-order valence-corrected chi connectivity index (χ0v) is 8.55. The van der Waals surface area contributed by atoms with Crippen LogP contribution in [0.5, 0.6) is 0 Å². The number of hydrogen-bond donors (Lipinski definition) is 1. The Morgan fingerprint density at radius 3 is 2.20 bits per heavy atom. The van der Waals surface area contributed by atoms with Crippen molar-refractivity contribution in [3.8, 4) is 0 Å². The van der Waals surface area contributed by atoms with Gasteiger partial charge in [0.05, 0.1) is 12.0 Å². The molecular formula is C9H15F3N2O. The fourth-order valence-corrected chi connectivity index (χ4v) is 1.72. The number of likely N-dealkylation sites (tertiary alicyclic amines) is 1. The number of piperidine rings is 1. The van der Waals surface area contributed by atoms with Crippen molar-refractivity contribution < 1.29 is 18.0 Å². The van der Waals surface area contributed by atoms with Gasteiger partial charge in [-0.1, -0.05) is 0 Å². The lowest BCUT2D eigenvalue weighted by atomic mass is 9.96. The topological polar surface area (TPSA) is 46.3 Å². The Morgan fingerprint density at radius 1 is 1.40 bits per heavy atom. The van der Waals surface area contributed by atoms with Crippen molar-refractivity contribution in [2.45, 2.75) is 32.0 Å². The summed E-state index contributed by atoms with van der Waals surface area (Å²) in [6, 6.07) is -0.632. The molecule has 0 bridgehead atoms. The largest absolute Gasteiger partial charge is 0.391 e. The van der Waals surface area contributed by atoms with Crippen LogP contribution in [0.3, 0.4) is 0 Å². The van der Waals surface area contributed by atoms with Gasteiger partial charge in [0.15, 0.2) is 0 Å². The van der Waals surface area contributed by atoms with E-state index >= 15 is 0 Å². The molecule has 0 aromatic rings. The molecule has 1 amide bonds. The summed E-state index contributed by atoms with van der Waals surface area (Å²) in [4.78, 5) is 12.8. The lowest BCUT2D eigenvalue weighted by Gasteiger charge is -2.33. The molecule has 1 aliphatic rings. The summed E-state index contributed by atoms with van der Waals surface area (Å²) < 4.78 is 36.9. The Morgan fingerprint density at radius 2 is 1.87 bits per heavy atom. The highest BCUT2D eigenvalue weighted by atomic mass is 19.4. The fourth-order valence-electron chi connectivity index (χ4n) is 1.72. The summed E-state index contributed by atoms with van der Waals surface area (Å²) >= 11 is 0. The Labute approximate surface area is 86.4 Å². The predicted molar refractivity (Wildman–Crippen MR) is 49.0 cm³/mol. The molecule has 0 unspecified atom stereocenters. The van der Waals surface area contributed by atoms with E-state index in [1.54, 1.807) is 0 Å². The van der Waals surface area contributed by atoms with Crippen molar-refractivity contribution in [2.24, 2.45) is 11.7 Å². The molecule has 1 rings (SSSR count). The van der Waals surface area contributed by atoms with Gasteiger partial charge < -0.3 is 10.6 Å². The van der Waals surface area contributed by atoms with Gasteiger partial charge in [-0.3, -0.25) is 4.79 Å². The van der Waals surface area contributed by atoms with Crippen LogP contribution in [0.4, 0.5) is 13.2 Å². The number of rotatable bonds is 1. The van der Waals surface area contributed by atoms with Crippen molar-refractivity contribution >= 4 is 5.91 Å². The summed E-state index contributed by atoms with van der Waals surface area (Å²) in [6.45, 7) is 1.85. The second kappa shape index (κ2) is 4.38. The zero-order valence-electron chi connectivity index (χ0n) is 8.55. The number of halogens is 3. The van der Waals surface area contributed by atoms with E-state index in [2.05, 4.69) is 0 Å². The summed E-state index contributed by atoms with van der Waals surface area (Å²) in [5, 5.41) is 0. The van der Waals surface area contributed by atoms with Crippen LogP contribution in [0.1, 0.15) is 19.8 Å². The predicted octanol–water partition coefficient (Wildman–Crippen LogP) is 1.13. The van der Waals surface area contributed by atoms with E-state index in [-0.39, 0.29) is 31.8 Å². The molecule has 0 aromatic heterocycles. The molecule has 3 nitrogen and oxygen atoms in total. The van der Waals surface area contributed by atoms with Crippen molar-refractivity contribution in [2.75, 3.05) is 13.1 Å². The van der Waals surface area contributed by atoms with Gasteiger partial charge in [-0.05, 0) is 19.8 Å². The Hall–Kier alpha value is -0.780.